The molecule has 3 amide bonds. The molecule has 0 rings (SSSR count). The van der Waals surface area contributed by atoms with Crippen LogP contribution in [0.4, 0.5) is 0 Å². The second-order valence-corrected chi connectivity index (χ2v) is 7.66. The lowest BCUT2D eigenvalue weighted by atomic mass is 10.0. The lowest BCUT2D eigenvalue weighted by molar-refractivity contribution is -0.132. The zero-order chi connectivity index (χ0) is 17.5. The molecule has 0 aromatic carbocycles. The van der Waals surface area contributed by atoms with Gasteiger partial charge in [-0.25, -0.2) is 0 Å². The number of hydrogen-bond acceptors (Lipinski definition) is 4. The number of thiol groups is 1. The van der Waals surface area contributed by atoms with Crippen LogP contribution < -0.4 is 16.0 Å². The Balaban J connectivity index is 4.63. The lowest BCUT2D eigenvalue weighted by Gasteiger charge is -2.24. The molecule has 22 heavy (non-hydrogen) atoms. The molecule has 3 N–H and O–H groups in total. The van der Waals surface area contributed by atoms with Gasteiger partial charge < -0.3 is 16.0 Å². The summed E-state index contributed by atoms with van der Waals surface area (Å²) < 4.78 is -0.235. The minimum atomic E-state index is -0.664. The summed E-state index contributed by atoms with van der Waals surface area (Å²) in [6, 6.07) is -1.31. The first-order valence-electron chi connectivity index (χ1n) is 7.51. The Morgan fingerprint density at radius 1 is 1.05 bits per heavy atom. The summed E-state index contributed by atoms with van der Waals surface area (Å²) in [7, 11) is 1.51. The predicted molar refractivity (Wildman–Crippen MR) is 90.7 cm³/mol. The van der Waals surface area contributed by atoms with Gasteiger partial charge in [0.1, 0.15) is 12.1 Å². The van der Waals surface area contributed by atoms with Crippen molar-refractivity contribution in [3.05, 3.63) is 0 Å². The predicted octanol–water partition coefficient (Wildman–Crippen LogP) is 0.866. The van der Waals surface area contributed by atoms with Gasteiger partial charge in [0.25, 0.3) is 0 Å². The quantitative estimate of drug-likeness (QED) is 0.498. The monoisotopic (exact) mass is 331 g/mol. The van der Waals surface area contributed by atoms with Gasteiger partial charge in [-0.3, -0.25) is 14.4 Å². The van der Waals surface area contributed by atoms with Crippen molar-refractivity contribution < 1.29 is 14.4 Å². The molecule has 0 radical (unpaired) electrons. The number of hydrogen-bond donors (Lipinski definition) is 4. The molecule has 128 valence electrons. The summed E-state index contributed by atoms with van der Waals surface area (Å²) in [5, 5.41) is 7.81. The molecule has 0 saturated heterocycles. The number of carbonyl (C=O) groups excluding carboxylic acids is 3. The summed E-state index contributed by atoms with van der Waals surface area (Å²) >= 11 is 4.38. The van der Waals surface area contributed by atoms with Crippen LogP contribution in [0.3, 0.4) is 0 Å². The van der Waals surface area contributed by atoms with Crippen molar-refractivity contribution in [3.8, 4) is 0 Å². The van der Waals surface area contributed by atoms with Crippen molar-refractivity contribution in [2.24, 2.45) is 5.92 Å². The molecule has 0 heterocycles. The summed E-state index contributed by atoms with van der Waals surface area (Å²) in [6.07, 6.45) is 0.918. The van der Waals surface area contributed by atoms with E-state index >= 15 is 0 Å². The molecule has 0 aromatic heterocycles. The van der Waals surface area contributed by atoms with Crippen molar-refractivity contribution in [2.45, 2.75) is 64.3 Å². The molecule has 0 saturated carbocycles. The fourth-order valence-electron chi connectivity index (χ4n) is 1.79. The summed E-state index contributed by atoms with van der Waals surface area (Å²) in [6.45, 7) is 9.15. The van der Waals surface area contributed by atoms with Gasteiger partial charge in [0.05, 0.1) is 0 Å². The molecule has 0 fully saturated rings. The Bertz CT molecular complexity index is 405. The molecule has 0 bridgehead atoms. The van der Waals surface area contributed by atoms with Crippen LogP contribution in [-0.2, 0) is 14.4 Å². The molecular weight excluding hydrogens is 302 g/mol. The van der Waals surface area contributed by atoms with Crippen LogP contribution in [0.1, 0.15) is 47.5 Å². The molecule has 0 spiro atoms. The van der Waals surface area contributed by atoms with Gasteiger partial charge in [-0.05, 0) is 19.3 Å². The second-order valence-electron chi connectivity index (χ2n) is 6.45. The van der Waals surface area contributed by atoms with E-state index in [9.17, 15) is 14.4 Å². The third-order valence-corrected chi connectivity index (χ3v) is 3.45. The van der Waals surface area contributed by atoms with Crippen LogP contribution in [0.15, 0.2) is 0 Å². The van der Waals surface area contributed by atoms with Crippen molar-refractivity contribution in [1.29, 1.82) is 0 Å². The maximum absolute atomic E-state index is 12.2. The first-order chi connectivity index (χ1) is 9.97. The van der Waals surface area contributed by atoms with Gasteiger partial charge in [-0.2, -0.15) is 12.6 Å². The number of nitrogens with one attached hydrogen (secondary N) is 3. The fourth-order valence-corrected chi connectivity index (χ4v) is 1.90. The molecule has 0 aliphatic rings. The largest absolute Gasteiger partial charge is 0.357 e. The SMILES string of the molecule is CNC(=O)[C@H](C)NC(=O)C(NC(=O)CCC(C)(C)S)C(C)C. The molecule has 7 heteroatoms. The van der Waals surface area contributed by atoms with Crippen LogP contribution in [0.2, 0.25) is 0 Å². The van der Waals surface area contributed by atoms with E-state index in [4.69, 9.17) is 0 Å². The Hall–Kier alpha value is -1.24. The first kappa shape index (κ1) is 20.8. The topological polar surface area (TPSA) is 87.3 Å². The third kappa shape index (κ3) is 8.26. The minimum absolute atomic E-state index is 0.0788. The summed E-state index contributed by atoms with van der Waals surface area (Å²) in [5.41, 5.74) is 0. The average molecular weight is 331 g/mol. The first-order valence-corrected chi connectivity index (χ1v) is 7.96. The molecular formula is C15H29N3O3S. The van der Waals surface area contributed by atoms with Gasteiger partial charge >= 0.3 is 0 Å². The highest BCUT2D eigenvalue weighted by Gasteiger charge is 2.27. The Labute approximate surface area is 138 Å². The van der Waals surface area contributed by atoms with Gasteiger partial charge in [0.15, 0.2) is 0 Å². The smallest absolute Gasteiger partial charge is 0.243 e. The third-order valence-electron chi connectivity index (χ3n) is 3.23. The standard InChI is InChI=1S/C15H29N3O3S/c1-9(2)12(14(21)17-10(3)13(20)16-6)18-11(19)7-8-15(4,5)22/h9-10,12,22H,7-8H2,1-6H3,(H,16,20)(H,17,21)(H,18,19)/t10-,12?/m0/s1. The lowest BCUT2D eigenvalue weighted by Crippen LogP contribution is -2.54. The van der Waals surface area contributed by atoms with Gasteiger partial charge in [0, 0.05) is 18.2 Å². The average Bonchev–Trinajstić information content (AvgIpc) is 2.40. The number of amides is 3. The Morgan fingerprint density at radius 3 is 2.00 bits per heavy atom. The highest BCUT2D eigenvalue weighted by Crippen LogP contribution is 2.18. The van der Waals surface area contributed by atoms with E-state index in [0.29, 0.717) is 12.8 Å². The Kier molecular flexibility index (Phi) is 8.52. The van der Waals surface area contributed by atoms with Gasteiger partial charge in [0.2, 0.25) is 17.7 Å². The van der Waals surface area contributed by atoms with E-state index in [1.165, 1.54) is 7.05 Å². The van der Waals surface area contributed by atoms with E-state index in [0.717, 1.165) is 0 Å². The number of likely N-dealkylation sites (N-methyl/N-ethyl adjacent to an activating group) is 1. The van der Waals surface area contributed by atoms with E-state index < -0.39 is 12.1 Å². The van der Waals surface area contributed by atoms with Crippen LogP contribution in [0.25, 0.3) is 0 Å². The van der Waals surface area contributed by atoms with Gasteiger partial charge in [-0.15, -0.1) is 0 Å². The van der Waals surface area contributed by atoms with Crippen LogP contribution in [0, 0.1) is 5.92 Å². The molecule has 1 unspecified atom stereocenters. The molecule has 0 aliphatic heterocycles. The van der Waals surface area contributed by atoms with Crippen molar-refractivity contribution in [3.63, 3.8) is 0 Å². The number of carbonyl (C=O) groups is 3. The zero-order valence-corrected chi connectivity index (χ0v) is 15.2. The van der Waals surface area contributed by atoms with Crippen molar-refractivity contribution >= 4 is 30.4 Å². The minimum Gasteiger partial charge on any atom is -0.357 e. The molecule has 0 aliphatic carbocycles. The van der Waals surface area contributed by atoms with Crippen LogP contribution in [0.5, 0.6) is 0 Å². The fraction of sp³-hybridized carbons (Fsp3) is 0.800. The molecule has 0 aromatic rings. The normalized spacial score (nSPS) is 14.2. The highest BCUT2D eigenvalue weighted by molar-refractivity contribution is 7.81. The van der Waals surface area contributed by atoms with E-state index in [1.807, 2.05) is 27.7 Å². The maximum atomic E-state index is 12.2. The number of rotatable bonds is 8. The Morgan fingerprint density at radius 2 is 1.59 bits per heavy atom. The van der Waals surface area contributed by atoms with E-state index in [-0.39, 0.29) is 28.4 Å². The summed E-state index contributed by atoms with van der Waals surface area (Å²) in [4.78, 5) is 35.7. The second kappa shape index (κ2) is 9.02. The maximum Gasteiger partial charge on any atom is 0.243 e. The summed E-state index contributed by atoms with van der Waals surface area (Å²) in [5.74, 6) is -0.906. The molecule has 2 atom stereocenters. The van der Waals surface area contributed by atoms with Crippen LogP contribution in [-0.4, -0.2) is 41.6 Å². The van der Waals surface area contributed by atoms with Gasteiger partial charge in [-0.1, -0.05) is 27.7 Å². The van der Waals surface area contributed by atoms with E-state index in [2.05, 4.69) is 28.6 Å². The van der Waals surface area contributed by atoms with Crippen molar-refractivity contribution in [1.82, 2.24) is 16.0 Å². The van der Waals surface area contributed by atoms with E-state index in [1.54, 1.807) is 6.92 Å². The van der Waals surface area contributed by atoms with Crippen molar-refractivity contribution in [2.75, 3.05) is 7.05 Å². The zero-order valence-electron chi connectivity index (χ0n) is 14.3. The van der Waals surface area contributed by atoms with Crippen LogP contribution >= 0.6 is 12.6 Å². The molecule has 6 nitrogen and oxygen atoms in total. The highest BCUT2D eigenvalue weighted by atomic mass is 32.1.